The van der Waals surface area contributed by atoms with E-state index in [-0.39, 0.29) is 12.5 Å². The van der Waals surface area contributed by atoms with Crippen molar-refractivity contribution in [3.63, 3.8) is 0 Å². The third kappa shape index (κ3) is 3.84. The van der Waals surface area contributed by atoms with Crippen molar-refractivity contribution in [2.45, 2.75) is 19.4 Å². The summed E-state index contributed by atoms with van der Waals surface area (Å²) in [6.07, 6.45) is 0.818. The third-order valence-electron chi connectivity index (χ3n) is 3.99. The van der Waals surface area contributed by atoms with Gasteiger partial charge in [-0.25, -0.2) is 0 Å². The summed E-state index contributed by atoms with van der Waals surface area (Å²) in [5.41, 5.74) is 0.467. The van der Waals surface area contributed by atoms with Crippen LogP contribution in [0.2, 0.25) is 0 Å². The van der Waals surface area contributed by atoms with E-state index < -0.39 is 11.4 Å². The Labute approximate surface area is 129 Å². The molecule has 1 fully saturated rings. The van der Waals surface area contributed by atoms with Crippen LogP contribution in [0.3, 0.4) is 0 Å². The number of ether oxygens (including phenoxy) is 2. The lowest BCUT2D eigenvalue weighted by atomic mass is 9.80. The van der Waals surface area contributed by atoms with Crippen molar-refractivity contribution < 1.29 is 24.2 Å². The monoisotopic (exact) mass is 307 g/mol. The lowest BCUT2D eigenvalue weighted by Crippen LogP contribution is -2.46. The molecule has 6 nitrogen and oxygen atoms in total. The highest BCUT2D eigenvalue weighted by molar-refractivity contribution is 5.94. The summed E-state index contributed by atoms with van der Waals surface area (Å²) in [4.78, 5) is 23.8. The zero-order valence-corrected chi connectivity index (χ0v) is 12.6. The number of carbonyl (C=O) groups excluding carboxylic acids is 1. The van der Waals surface area contributed by atoms with Crippen molar-refractivity contribution in [2.75, 3.05) is 26.9 Å². The van der Waals surface area contributed by atoms with E-state index in [4.69, 9.17) is 9.47 Å². The van der Waals surface area contributed by atoms with E-state index in [0.717, 1.165) is 5.56 Å². The van der Waals surface area contributed by atoms with Gasteiger partial charge in [-0.1, -0.05) is 12.1 Å². The molecule has 2 rings (SSSR count). The number of carboxylic acid groups (broad SMARTS) is 1. The molecule has 0 spiro atoms. The zero-order valence-electron chi connectivity index (χ0n) is 12.6. The fraction of sp³-hybridized carbons (Fsp3) is 0.500. The molecule has 120 valence electrons. The number of hydrogen-bond donors (Lipinski definition) is 2. The molecule has 1 heterocycles. The van der Waals surface area contributed by atoms with Gasteiger partial charge < -0.3 is 19.9 Å². The van der Waals surface area contributed by atoms with E-state index in [0.29, 0.717) is 38.2 Å². The maximum atomic E-state index is 12.2. The number of amides is 1. The highest BCUT2D eigenvalue weighted by Gasteiger charge is 2.40. The number of nitrogens with one attached hydrogen (secondary N) is 1. The van der Waals surface area contributed by atoms with Crippen LogP contribution in [0.4, 0.5) is 0 Å². The Morgan fingerprint density at radius 1 is 1.36 bits per heavy atom. The van der Waals surface area contributed by atoms with Crippen molar-refractivity contribution in [1.82, 2.24) is 5.32 Å². The molecule has 1 aliphatic rings. The Bertz CT molecular complexity index is 537. The number of benzene rings is 1. The summed E-state index contributed by atoms with van der Waals surface area (Å²) < 4.78 is 10.3. The highest BCUT2D eigenvalue weighted by Crippen LogP contribution is 2.30. The first-order valence-electron chi connectivity index (χ1n) is 7.25. The minimum absolute atomic E-state index is 0.110. The molecule has 0 aromatic heterocycles. The fourth-order valence-electron chi connectivity index (χ4n) is 2.55. The first-order chi connectivity index (χ1) is 10.6. The predicted octanol–water partition coefficient (Wildman–Crippen LogP) is 1.44. The van der Waals surface area contributed by atoms with Crippen molar-refractivity contribution in [2.24, 2.45) is 5.41 Å². The van der Waals surface area contributed by atoms with E-state index in [9.17, 15) is 14.7 Å². The van der Waals surface area contributed by atoms with Gasteiger partial charge in [-0.2, -0.15) is 0 Å². The molecule has 22 heavy (non-hydrogen) atoms. The molecule has 0 bridgehead atoms. The second-order valence-corrected chi connectivity index (χ2v) is 5.51. The summed E-state index contributed by atoms with van der Waals surface area (Å²) >= 11 is 0. The maximum absolute atomic E-state index is 12.2. The van der Waals surface area contributed by atoms with Gasteiger partial charge in [-0.3, -0.25) is 9.59 Å². The quantitative estimate of drug-likeness (QED) is 0.831. The number of carboxylic acids is 1. The van der Waals surface area contributed by atoms with Crippen LogP contribution >= 0.6 is 0 Å². The average molecular weight is 307 g/mol. The van der Waals surface area contributed by atoms with Crippen molar-refractivity contribution in [1.29, 1.82) is 0 Å². The summed E-state index contributed by atoms with van der Waals surface area (Å²) in [5, 5.41) is 12.2. The van der Waals surface area contributed by atoms with Gasteiger partial charge in [0.05, 0.1) is 12.0 Å². The van der Waals surface area contributed by atoms with Gasteiger partial charge in [-0.15, -0.1) is 0 Å². The molecule has 1 amide bonds. The van der Waals surface area contributed by atoms with Crippen LogP contribution in [0.25, 0.3) is 0 Å². The van der Waals surface area contributed by atoms with E-state index in [2.05, 4.69) is 5.32 Å². The van der Waals surface area contributed by atoms with E-state index in [1.807, 2.05) is 6.07 Å². The second-order valence-electron chi connectivity index (χ2n) is 5.51. The molecule has 0 unspecified atom stereocenters. The van der Waals surface area contributed by atoms with Crippen LogP contribution in [-0.4, -0.2) is 43.9 Å². The van der Waals surface area contributed by atoms with Gasteiger partial charge in [0.15, 0.2) is 0 Å². The molecule has 6 heteroatoms. The number of carbonyl (C=O) groups is 2. The topological polar surface area (TPSA) is 84.9 Å². The molecular weight excluding hydrogens is 286 g/mol. The Morgan fingerprint density at radius 2 is 2.09 bits per heavy atom. The SMILES string of the molecule is COCc1cccc(C(=O)NCC2(C(=O)O)CCOCC2)c1. The lowest BCUT2D eigenvalue weighted by molar-refractivity contribution is -0.154. The van der Waals surface area contributed by atoms with Crippen molar-refractivity contribution >= 4 is 11.9 Å². The first kappa shape index (κ1) is 16.5. The van der Waals surface area contributed by atoms with Crippen LogP contribution in [0.5, 0.6) is 0 Å². The molecule has 1 aromatic rings. The van der Waals surface area contributed by atoms with Gasteiger partial charge in [0.2, 0.25) is 0 Å². The molecule has 1 aliphatic heterocycles. The molecule has 1 saturated heterocycles. The maximum Gasteiger partial charge on any atom is 0.311 e. The summed E-state index contributed by atoms with van der Waals surface area (Å²) in [7, 11) is 1.59. The molecule has 0 radical (unpaired) electrons. The predicted molar refractivity (Wildman–Crippen MR) is 79.6 cm³/mol. The van der Waals surface area contributed by atoms with Gasteiger partial charge in [0.25, 0.3) is 5.91 Å². The van der Waals surface area contributed by atoms with Crippen molar-refractivity contribution in [3.05, 3.63) is 35.4 Å². The van der Waals surface area contributed by atoms with Crippen LogP contribution in [0.1, 0.15) is 28.8 Å². The largest absolute Gasteiger partial charge is 0.481 e. The van der Waals surface area contributed by atoms with Gasteiger partial charge in [0.1, 0.15) is 0 Å². The highest BCUT2D eigenvalue weighted by atomic mass is 16.5. The van der Waals surface area contributed by atoms with Crippen LogP contribution < -0.4 is 5.32 Å². The van der Waals surface area contributed by atoms with E-state index in [1.54, 1.807) is 25.3 Å². The van der Waals surface area contributed by atoms with Gasteiger partial charge in [-0.05, 0) is 30.5 Å². The van der Waals surface area contributed by atoms with Crippen LogP contribution in [0.15, 0.2) is 24.3 Å². The summed E-state index contributed by atoms with van der Waals surface area (Å²) in [6, 6.07) is 7.10. The normalized spacial score (nSPS) is 17.0. The molecule has 0 aliphatic carbocycles. The zero-order chi connectivity index (χ0) is 16.0. The Balaban J connectivity index is 2.02. The Morgan fingerprint density at radius 3 is 2.73 bits per heavy atom. The number of rotatable bonds is 6. The van der Waals surface area contributed by atoms with Gasteiger partial charge >= 0.3 is 5.97 Å². The fourth-order valence-corrected chi connectivity index (χ4v) is 2.55. The number of hydrogen-bond acceptors (Lipinski definition) is 4. The van der Waals surface area contributed by atoms with E-state index in [1.165, 1.54) is 0 Å². The molecule has 0 saturated carbocycles. The minimum Gasteiger partial charge on any atom is -0.481 e. The Kier molecular flexibility index (Phi) is 5.51. The average Bonchev–Trinajstić information content (AvgIpc) is 2.54. The summed E-state index contributed by atoms with van der Waals surface area (Å²) in [5.74, 6) is -1.16. The van der Waals surface area contributed by atoms with Crippen LogP contribution in [-0.2, 0) is 20.9 Å². The van der Waals surface area contributed by atoms with Crippen molar-refractivity contribution in [3.8, 4) is 0 Å². The molecule has 1 aromatic carbocycles. The van der Waals surface area contributed by atoms with E-state index >= 15 is 0 Å². The number of methoxy groups -OCH3 is 1. The smallest absolute Gasteiger partial charge is 0.311 e. The molecule has 0 atom stereocenters. The standard InChI is InChI=1S/C16H21NO5/c1-21-10-12-3-2-4-13(9-12)14(18)17-11-16(15(19)20)5-7-22-8-6-16/h2-4,9H,5-8,10-11H2,1H3,(H,17,18)(H,19,20). The lowest BCUT2D eigenvalue weighted by Gasteiger charge is -2.33. The minimum atomic E-state index is -0.932. The molecule has 2 N–H and O–H groups in total. The third-order valence-corrected chi connectivity index (χ3v) is 3.99. The number of aliphatic carboxylic acids is 1. The second kappa shape index (κ2) is 7.38. The summed E-state index contributed by atoms with van der Waals surface area (Å²) in [6.45, 7) is 1.35. The first-order valence-corrected chi connectivity index (χ1v) is 7.25. The molecular formula is C16H21NO5. The van der Waals surface area contributed by atoms with Crippen LogP contribution in [0, 0.1) is 5.41 Å². The van der Waals surface area contributed by atoms with Gasteiger partial charge in [0, 0.05) is 32.4 Å². The Hall–Kier alpha value is -1.92.